The number of hydrogen-bond donors (Lipinski definition) is 1. The van der Waals surface area contributed by atoms with Crippen LogP contribution in [0.25, 0.3) is 0 Å². The van der Waals surface area contributed by atoms with Crippen LogP contribution in [0.4, 0.5) is 0 Å². The van der Waals surface area contributed by atoms with Crippen LogP contribution in [0, 0.1) is 0 Å². The quantitative estimate of drug-likeness (QED) is 0.938. The van der Waals surface area contributed by atoms with E-state index in [1.165, 1.54) is 0 Å². The first-order chi connectivity index (χ1) is 8.22. The van der Waals surface area contributed by atoms with Gasteiger partial charge in [0.05, 0.1) is 11.6 Å². The predicted molar refractivity (Wildman–Crippen MR) is 71.2 cm³/mol. The largest absolute Gasteiger partial charge is 0.496 e. The number of methoxy groups -OCH3 is 1. The van der Waals surface area contributed by atoms with E-state index in [1.54, 1.807) is 7.11 Å². The van der Waals surface area contributed by atoms with Gasteiger partial charge < -0.3 is 9.84 Å². The van der Waals surface area contributed by atoms with Gasteiger partial charge in [-0.25, -0.2) is 0 Å². The molecule has 0 aliphatic carbocycles. The Labute approximate surface area is 109 Å². The summed E-state index contributed by atoms with van der Waals surface area (Å²) in [6.07, 6.45) is -0.613. The van der Waals surface area contributed by atoms with Gasteiger partial charge in [-0.3, -0.25) is 0 Å². The summed E-state index contributed by atoms with van der Waals surface area (Å²) in [6, 6.07) is 15.1. The fourth-order valence-corrected chi connectivity index (χ4v) is 2.24. The molecule has 0 saturated heterocycles. The third kappa shape index (κ3) is 2.68. The average molecular weight is 293 g/mol. The Morgan fingerprint density at radius 1 is 1.06 bits per heavy atom. The van der Waals surface area contributed by atoms with E-state index < -0.39 is 6.10 Å². The molecule has 1 unspecified atom stereocenters. The topological polar surface area (TPSA) is 29.5 Å². The molecule has 0 radical (unpaired) electrons. The van der Waals surface area contributed by atoms with Crippen molar-refractivity contribution in [2.75, 3.05) is 7.11 Å². The molecule has 0 amide bonds. The van der Waals surface area contributed by atoms with Crippen molar-refractivity contribution in [3.63, 3.8) is 0 Å². The molecule has 2 aromatic carbocycles. The van der Waals surface area contributed by atoms with Gasteiger partial charge >= 0.3 is 0 Å². The van der Waals surface area contributed by atoms with Crippen LogP contribution in [0.1, 0.15) is 17.2 Å². The molecule has 2 rings (SSSR count). The highest BCUT2D eigenvalue weighted by atomic mass is 79.9. The summed E-state index contributed by atoms with van der Waals surface area (Å²) in [5, 5.41) is 10.2. The maximum absolute atomic E-state index is 10.2. The minimum Gasteiger partial charge on any atom is -0.496 e. The maximum atomic E-state index is 10.2. The van der Waals surface area contributed by atoms with Gasteiger partial charge in [-0.1, -0.05) is 36.4 Å². The lowest BCUT2D eigenvalue weighted by Gasteiger charge is -2.13. The van der Waals surface area contributed by atoms with Gasteiger partial charge in [0.1, 0.15) is 11.9 Å². The standard InChI is InChI=1S/C14H13BrO2/c1-17-13-8-7-11(9-12(13)15)14(16)10-5-3-2-4-6-10/h2-9,14,16H,1H3. The van der Waals surface area contributed by atoms with Gasteiger partial charge in [0.15, 0.2) is 0 Å². The zero-order valence-electron chi connectivity index (χ0n) is 9.43. The van der Waals surface area contributed by atoms with Crippen LogP contribution < -0.4 is 4.74 Å². The lowest BCUT2D eigenvalue weighted by Crippen LogP contribution is -1.99. The molecule has 0 fully saturated rings. The third-order valence-electron chi connectivity index (χ3n) is 2.61. The fraction of sp³-hybridized carbons (Fsp3) is 0.143. The molecule has 3 heteroatoms. The monoisotopic (exact) mass is 292 g/mol. The van der Waals surface area contributed by atoms with E-state index in [0.29, 0.717) is 0 Å². The van der Waals surface area contributed by atoms with Crippen LogP contribution in [-0.2, 0) is 0 Å². The summed E-state index contributed by atoms with van der Waals surface area (Å²) >= 11 is 3.41. The van der Waals surface area contributed by atoms with Crippen molar-refractivity contribution in [2.24, 2.45) is 0 Å². The summed E-state index contributed by atoms with van der Waals surface area (Å²) in [4.78, 5) is 0. The van der Waals surface area contributed by atoms with Crippen molar-refractivity contribution in [1.29, 1.82) is 0 Å². The van der Waals surface area contributed by atoms with E-state index in [-0.39, 0.29) is 0 Å². The van der Waals surface area contributed by atoms with Crippen molar-refractivity contribution in [1.82, 2.24) is 0 Å². The number of rotatable bonds is 3. The molecule has 2 aromatic rings. The lowest BCUT2D eigenvalue weighted by molar-refractivity contribution is 0.220. The highest BCUT2D eigenvalue weighted by Crippen LogP contribution is 2.30. The Kier molecular flexibility index (Phi) is 3.82. The molecule has 0 aliphatic heterocycles. The highest BCUT2D eigenvalue weighted by molar-refractivity contribution is 9.10. The molecule has 17 heavy (non-hydrogen) atoms. The molecule has 1 atom stereocenters. The normalized spacial score (nSPS) is 12.2. The fourth-order valence-electron chi connectivity index (χ4n) is 1.68. The summed E-state index contributed by atoms with van der Waals surface area (Å²) in [6.45, 7) is 0. The van der Waals surface area contributed by atoms with Crippen LogP contribution in [0.3, 0.4) is 0 Å². The molecule has 0 bridgehead atoms. The first-order valence-corrected chi connectivity index (χ1v) is 6.08. The molecular weight excluding hydrogens is 280 g/mol. The van der Waals surface area contributed by atoms with Gasteiger partial charge in [0.25, 0.3) is 0 Å². The summed E-state index contributed by atoms with van der Waals surface area (Å²) in [5.74, 6) is 0.758. The van der Waals surface area contributed by atoms with Gasteiger partial charge in [-0.05, 0) is 39.2 Å². The van der Waals surface area contributed by atoms with Crippen molar-refractivity contribution in [3.05, 3.63) is 64.1 Å². The Morgan fingerprint density at radius 3 is 2.35 bits per heavy atom. The molecule has 0 aliphatic rings. The number of aliphatic hydroxyl groups excluding tert-OH is 1. The number of ether oxygens (including phenoxy) is 1. The maximum Gasteiger partial charge on any atom is 0.133 e. The molecule has 2 nitrogen and oxygen atoms in total. The molecule has 0 heterocycles. The van der Waals surface area contributed by atoms with Crippen LogP contribution in [0.5, 0.6) is 5.75 Å². The van der Waals surface area contributed by atoms with Gasteiger partial charge in [0.2, 0.25) is 0 Å². The zero-order chi connectivity index (χ0) is 12.3. The van der Waals surface area contributed by atoms with Crippen molar-refractivity contribution in [3.8, 4) is 5.75 Å². The minimum absolute atomic E-state index is 0.613. The van der Waals surface area contributed by atoms with E-state index >= 15 is 0 Å². The summed E-state index contributed by atoms with van der Waals surface area (Å²) in [5.41, 5.74) is 1.72. The third-order valence-corrected chi connectivity index (χ3v) is 3.23. The van der Waals surface area contributed by atoms with Crippen LogP contribution in [-0.4, -0.2) is 12.2 Å². The van der Waals surface area contributed by atoms with Gasteiger partial charge in [-0.15, -0.1) is 0 Å². The highest BCUT2D eigenvalue weighted by Gasteiger charge is 2.11. The second-order valence-electron chi connectivity index (χ2n) is 3.71. The van der Waals surface area contributed by atoms with Crippen LogP contribution >= 0.6 is 15.9 Å². The first kappa shape index (κ1) is 12.1. The first-order valence-electron chi connectivity index (χ1n) is 5.29. The second-order valence-corrected chi connectivity index (χ2v) is 4.56. The number of halogens is 1. The predicted octanol–water partition coefficient (Wildman–Crippen LogP) is 3.54. The molecular formula is C14H13BrO2. The smallest absolute Gasteiger partial charge is 0.133 e. The SMILES string of the molecule is COc1ccc(C(O)c2ccccc2)cc1Br. The Balaban J connectivity index is 2.32. The van der Waals surface area contributed by atoms with E-state index in [0.717, 1.165) is 21.3 Å². The zero-order valence-corrected chi connectivity index (χ0v) is 11.0. The number of aliphatic hydroxyl groups is 1. The lowest BCUT2D eigenvalue weighted by atomic mass is 10.0. The summed E-state index contributed by atoms with van der Waals surface area (Å²) in [7, 11) is 1.62. The van der Waals surface area contributed by atoms with Crippen molar-refractivity contribution >= 4 is 15.9 Å². The Morgan fingerprint density at radius 2 is 1.76 bits per heavy atom. The van der Waals surface area contributed by atoms with E-state index in [1.807, 2.05) is 48.5 Å². The van der Waals surface area contributed by atoms with E-state index in [2.05, 4.69) is 15.9 Å². The summed E-state index contributed by atoms with van der Waals surface area (Å²) < 4.78 is 6.00. The number of hydrogen-bond acceptors (Lipinski definition) is 2. The van der Waals surface area contributed by atoms with Crippen molar-refractivity contribution < 1.29 is 9.84 Å². The number of benzene rings is 2. The van der Waals surface area contributed by atoms with Gasteiger partial charge in [-0.2, -0.15) is 0 Å². The van der Waals surface area contributed by atoms with Crippen molar-refractivity contribution in [2.45, 2.75) is 6.10 Å². The van der Waals surface area contributed by atoms with E-state index in [4.69, 9.17) is 4.74 Å². The minimum atomic E-state index is -0.613. The molecule has 1 N–H and O–H groups in total. The Bertz CT molecular complexity index is 497. The molecule has 0 spiro atoms. The molecule has 88 valence electrons. The van der Waals surface area contributed by atoms with Gasteiger partial charge in [0, 0.05) is 0 Å². The second kappa shape index (κ2) is 5.34. The molecule has 0 aromatic heterocycles. The average Bonchev–Trinajstić information content (AvgIpc) is 2.39. The Hall–Kier alpha value is -1.32. The van der Waals surface area contributed by atoms with Crippen LogP contribution in [0.2, 0.25) is 0 Å². The van der Waals surface area contributed by atoms with E-state index in [9.17, 15) is 5.11 Å². The van der Waals surface area contributed by atoms with Crippen LogP contribution in [0.15, 0.2) is 53.0 Å². The molecule has 0 saturated carbocycles.